The Morgan fingerprint density at radius 3 is 2.50 bits per heavy atom. The molecule has 2 heteroatoms. The third-order valence-electron chi connectivity index (χ3n) is 4.42. The van der Waals surface area contributed by atoms with E-state index in [-0.39, 0.29) is 10.8 Å². The lowest BCUT2D eigenvalue weighted by Gasteiger charge is -2.29. The van der Waals surface area contributed by atoms with Crippen LogP contribution in [0.4, 0.5) is 0 Å². The summed E-state index contributed by atoms with van der Waals surface area (Å²) in [5, 5.41) is 2.56. The van der Waals surface area contributed by atoms with Gasteiger partial charge in [0.05, 0.1) is 5.38 Å². The van der Waals surface area contributed by atoms with E-state index in [4.69, 9.17) is 11.6 Å². The maximum atomic E-state index is 6.71. The molecular formula is C18H20ClN. The summed E-state index contributed by atoms with van der Waals surface area (Å²) < 4.78 is 0. The lowest BCUT2D eigenvalue weighted by molar-refractivity contribution is 0.336. The smallest absolute Gasteiger partial charge is 0.0636 e. The lowest BCUT2D eigenvalue weighted by Crippen LogP contribution is -2.16. The summed E-state index contributed by atoms with van der Waals surface area (Å²) in [6.07, 6.45) is 1.06. The Morgan fingerprint density at radius 1 is 1.05 bits per heavy atom. The quantitative estimate of drug-likeness (QED) is 0.565. The first-order valence-corrected chi connectivity index (χ1v) is 7.61. The van der Waals surface area contributed by atoms with E-state index in [9.17, 15) is 0 Å². The van der Waals surface area contributed by atoms with Gasteiger partial charge in [-0.05, 0) is 35.6 Å². The largest absolute Gasteiger partial charge is 0.355 e. The van der Waals surface area contributed by atoms with E-state index in [1.807, 2.05) is 0 Å². The molecule has 1 N–H and O–H groups in total. The summed E-state index contributed by atoms with van der Waals surface area (Å²) >= 11 is 6.71. The van der Waals surface area contributed by atoms with Crippen molar-refractivity contribution in [3.8, 4) is 0 Å². The van der Waals surface area contributed by atoms with Gasteiger partial charge in [-0.3, -0.25) is 0 Å². The van der Waals surface area contributed by atoms with Gasteiger partial charge in [0.15, 0.2) is 0 Å². The molecule has 1 unspecified atom stereocenters. The summed E-state index contributed by atoms with van der Waals surface area (Å²) in [7, 11) is 0. The van der Waals surface area contributed by atoms with Gasteiger partial charge in [0.2, 0.25) is 0 Å². The molecule has 0 aliphatic carbocycles. The van der Waals surface area contributed by atoms with Crippen molar-refractivity contribution in [3.05, 3.63) is 48.0 Å². The molecule has 0 fully saturated rings. The molecule has 1 nitrogen and oxygen atoms in total. The fourth-order valence-corrected chi connectivity index (χ4v) is 2.94. The summed E-state index contributed by atoms with van der Waals surface area (Å²) in [6, 6.07) is 14.9. The fraction of sp³-hybridized carbons (Fsp3) is 0.333. The normalized spacial score (nSPS) is 14.0. The van der Waals surface area contributed by atoms with Crippen LogP contribution in [0.25, 0.3) is 21.8 Å². The van der Waals surface area contributed by atoms with Crippen LogP contribution in [0.3, 0.4) is 0 Å². The molecule has 20 heavy (non-hydrogen) atoms. The van der Waals surface area contributed by atoms with Gasteiger partial charge >= 0.3 is 0 Å². The highest BCUT2D eigenvalue weighted by Crippen LogP contribution is 2.42. The molecule has 1 aromatic heterocycles. The van der Waals surface area contributed by atoms with Crippen molar-refractivity contribution >= 4 is 33.4 Å². The second-order valence-corrected chi connectivity index (χ2v) is 6.62. The number of aromatic nitrogens is 1. The number of rotatable bonds is 3. The van der Waals surface area contributed by atoms with Crippen LogP contribution < -0.4 is 0 Å². The number of para-hydroxylation sites is 1. The number of H-pyrrole nitrogens is 1. The van der Waals surface area contributed by atoms with Crippen LogP contribution in [-0.2, 0) is 0 Å². The third kappa shape index (κ3) is 2.10. The van der Waals surface area contributed by atoms with E-state index in [1.165, 1.54) is 27.4 Å². The first kappa shape index (κ1) is 13.5. The Hall–Kier alpha value is -1.47. The second-order valence-electron chi connectivity index (χ2n) is 6.18. The van der Waals surface area contributed by atoms with E-state index in [1.54, 1.807) is 0 Å². The lowest BCUT2D eigenvalue weighted by atomic mass is 9.82. The van der Waals surface area contributed by atoms with Crippen molar-refractivity contribution in [2.24, 2.45) is 5.41 Å². The average Bonchev–Trinajstić information content (AvgIpc) is 2.84. The molecular weight excluding hydrogens is 266 g/mol. The maximum absolute atomic E-state index is 6.71. The van der Waals surface area contributed by atoms with Crippen LogP contribution in [0, 0.1) is 5.41 Å². The first-order chi connectivity index (χ1) is 9.53. The number of aromatic amines is 1. The molecule has 3 rings (SSSR count). The van der Waals surface area contributed by atoms with Crippen molar-refractivity contribution in [1.29, 1.82) is 0 Å². The van der Waals surface area contributed by atoms with Crippen molar-refractivity contribution < 1.29 is 0 Å². The molecule has 0 saturated carbocycles. The molecule has 0 aliphatic heterocycles. The van der Waals surface area contributed by atoms with Gasteiger partial charge in [-0.2, -0.15) is 0 Å². The summed E-state index contributed by atoms with van der Waals surface area (Å²) in [6.45, 7) is 6.65. The standard InChI is InChI=1S/C18H20ClN/c1-4-18(2,3)17(19)12-9-10-16-14(11-12)13-7-5-6-8-15(13)20-16/h5-11,17,20H,4H2,1-3H3. The van der Waals surface area contributed by atoms with Crippen molar-refractivity contribution in [3.63, 3.8) is 0 Å². The predicted octanol–water partition coefficient (Wildman–Crippen LogP) is 6.04. The van der Waals surface area contributed by atoms with Gasteiger partial charge in [0, 0.05) is 21.8 Å². The molecule has 0 spiro atoms. The summed E-state index contributed by atoms with van der Waals surface area (Å²) in [5.74, 6) is 0. The Kier molecular flexibility index (Phi) is 3.25. The van der Waals surface area contributed by atoms with Gasteiger partial charge < -0.3 is 4.98 Å². The minimum absolute atomic E-state index is 0.0329. The van der Waals surface area contributed by atoms with Crippen LogP contribution in [0.15, 0.2) is 42.5 Å². The Bertz CT molecular complexity index is 754. The molecule has 1 atom stereocenters. The topological polar surface area (TPSA) is 15.8 Å². The molecule has 1 heterocycles. The zero-order valence-corrected chi connectivity index (χ0v) is 13.0. The van der Waals surface area contributed by atoms with Crippen LogP contribution in [0.1, 0.15) is 38.1 Å². The Labute approximate surface area is 124 Å². The molecule has 3 aromatic rings. The number of hydrogen-bond acceptors (Lipinski definition) is 0. The molecule has 104 valence electrons. The third-order valence-corrected chi connectivity index (χ3v) is 5.26. The van der Waals surface area contributed by atoms with Gasteiger partial charge in [-0.1, -0.05) is 45.0 Å². The van der Waals surface area contributed by atoms with Crippen LogP contribution in [0.5, 0.6) is 0 Å². The highest BCUT2D eigenvalue weighted by Gasteiger charge is 2.27. The molecule has 0 aliphatic rings. The van der Waals surface area contributed by atoms with E-state index in [2.05, 4.69) is 68.2 Å². The van der Waals surface area contributed by atoms with E-state index < -0.39 is 0 Å². The summed E-state index contributed by atoms with van der Waals surface area (Å²) in [5.41, 5.74) is 3.66. The number of fused-ring (bicyclic) bond motifs is 3. The van der Waals surface area contributed by atoms with E-state index in [0.29, 0.717) is 0 Å². The molecule has 0 saturated heterocycles. The number of alkyl halides is 1. The van der Waals surface area contributed by atoms with Gasteiger partial charge in [-0.15, -0.1) is 11.6 Å². The zero-order chi connectivity index (χ0) is 14.3. The van der Waals surface area contributed by atoms with E-state index in [0.717, 1.165) is 6.42 Å². The van der Waals surface area contributed by atoms with Crippen molar-refractivity contribution in [1.82, 2.24) is 4.98 Å². The van der Waals surface area contributed by atoms with Crippen LogP contribution in [-0.4, -0.2) is 4.98 Å². The highest BCUT2D eigenvalue weighted by atomic mass is 35.5. The minimum Gasteiger partial charge on any atom is -0.355 e. The van der Waals surface area contributed by atoms with Crippen LogP contribution >= 0.6 is 11.6 Å². The summed E-state index contributed by atoms with van der Waals surface area (Å²) in [4.78, 5) is 3.45. The Morgan fingerprint density at radius 2 is 1.75 bits per heavy atom. The fourth-order valence-electron chi connectivity index (χ4n) is 2.65. The molecule has 2 aromatic carbocycles. The maximum Gasteiger partial charge on any atom is 0.0636 e. The van der Waals surface area contributed by atoms with Crippen molar-refractivity contribution in [2.75, 3.05) is 0 Å². The Balaban J connectivity index is 2.17. The van der Waals surface area contributed by atoms with Gasteiger partial charge in [0.1, 0.15) is 0 Å². The minimum atomic E-state index is 0.0329. The first-order valence-electron chi connectivity index (χ1n) is 7.17. The van der Waals surface area contributed by atoms with Crippen molar-refractivity contribution in [2.45, 2.75) is 32.6 Å². The average molecular weight is 286 g/mol. The number of hydrogen-bond donors (Lipinski definition) is 1. The highest BCUT2D eigenvalue weighted by molar-refractivity contribution is 6.21. The molecule has 0 radical (unpaired) electrons. The monoisotopic (exact) mass is 285 g/mol. The molecule has 0 amide bonds. The number of benzene rings is 2. The van der Waals surface area contributed by atoms with E-state index >= 15 is 0 Å². The number of halogens is 1. The predicted molar refractivity (Wildman–Crippen MR) is 88.5 cm³/mol. The SMILES string of the molecule is CCC(C)(C)C(Cl)c1ccc2[nH]c3ccccc3c2c1. The van der Waals surface area contributed by atoms with Crippen LogP contribution in [0.2, 0.25) is 0 Å². The second kappa shape index (κ2) is 4.82. The zero-order valence-electron chi connectivity index (χ0n) is 12.2. The van der Waals surface area contributed by atoms with Gasteiger partial charge in [-0.25, -0.2) is 0 Å². The van der Waals surface area contributed by atoms with Gasteiger partial charge in [0.25, 0.3) is 0 Å². The molecule has 0 bridgehead atoms. The number of nitrogens with one attached hydrogen (secondary N) is 1.